The first kappa shape index (κ1) is 16.2. The molecule has 0 aliphatic rings. The Hall–Kier alpha value is -0.900. The van der Waals surface area contributed by atoms with Crippen LogP contribution in [0, 0.1) is 5.92 Å². The summed E-state index contributed by atoms with van der Waals surface area (Å²) >= 11 is 0. The van der Waals surface area contributed by atoms with E-state index in [1.807, 2.05) is 44.2 Å². The number of benzene rings is 1. The van der Waals surface area contributed by atoms with Crippen LogP contribution in [0.25, 0.3) is 0 Å². The summed E-state index contributed by atoms with van der Waals surface area (Å²) in [6.45, 7) is 9.17. The Bertz CT molecular complexity index is 335. The minimum Gasteiger partial charge on any atom is -0.386 e. The van der Waals surface area contributed by atoms with Gasteiger partial charge in [-0.25, -0.2) is 0 Å². The summed E-state index contributed by atoms with van der Waals surface area (Å²) in [4.78, 5) is 0. The average Bonchev–Trinajstić information content (AvgIpc) is 2.38. The van der Waals surface area contributed by atoms with Crippen LogP contribution in [0.5, 0.6) is 0 Å². The molecule has 0 aliphatic carbocycles. The molecule has 19 heavy (non-hydrogen) atoms. The van der Waals surface area contributed by atoms with E-state index in [1.54, 1.807) is 0 Å². The predicted molar refractivity (Wildman–Crippen MR) is 77.1 cm³/mol. The molecule has 3 nitrogen and oxygen atoms in total. The van der Waals surface area contributed by atoms with Crippen molar-refractivity contribution in [1.29, 1.82) is 0 Å². The van der Waals surface area contributed by atoms with Gasteiger partial charge in [0.1, 0.15) is 6.10 Å². The number of aliphatic hydroxyl groups is 1. The molecule has 0 saturated heterocycles. The van der Waals surface area contributed by atoms with E-state index in [0.717, 1.165) is 5.56 Å². The summed E-state index contributed by atoms with van der Waals surface area (Å²) in [6, 6.07) is 9.65. The van der Waals surface area contributed by atoms with Gasteiger partial charge < -0.3 is 14.6 Å². The highest BCUT2D eigenvalue weighted by Crippen LogP contribution is 2.24. The summed E-state index contributed by atoms with van der Waals surface area (Å²) in [5, 5.41) is 10.4. The van der Waals surface area contributed by atoms with Gasteiger partial charge in [-0.15, -0.1) is 0 Å². The first-order valence-electron chi connectivity index (χ1n) is 6.98. The van der Waals surface area contributed by atoms with E-state index in [4.69, 9.17) is 9.47 Å². The second-order valence-corrected chi connectivity index (χ2v) is 5.35. The van der Waals surface area contributed by atoms with Crippen LogP contribution in [-0.2, 0) is 9.47 Å². The van der Waals surface area contributed by atoms with Gasteiger partial charge in [0.2, 0.25) is 0 Å². The van der Waals surface area contributed by atoms with Crippen LogP contribution in [-0.4, -0.2) is 30.5 Å². The molecule has 0 aromatic heterocycles. The first-order valence-corrected chi connectivity index (χ1v) is 6.98. The van der Waals surface area contributed by atoms with Gasteiger partial charge in [0.05, 0.1) is 25.4 Å². The first-order chi connectivity index (χ1) is 9.02. The van der Waals surface area contributed by atoms with E-state index in [-0.39, 0.29) is 18.1 Å². The van der Waals surface area contributed by atoms with Gasteiger partial charge in [-0.3, -0.25) is 0 Å². The SMILES string of the molecule is CC(C)OCCOC(C(C)C)C(O)c1ccccc1. The van der Waals surface area contributed by atoms with Gasteiger partial charge in [-0.1, -0.05) is 44.2 Å². The lowest BCUT2D eigenvalue weighted by molar-refractivity contribution is -0.0831. The highest BCUT2D eigenvalue weighted by Gasteiger charge is 2.24. The van der Waals surface area contributed by atoms with Crippen molar-refractivity contribution >= 4 is 0 Å². The van der Waals surface area contributed by atoms with Crippen molar-refractivity contribution in [3.8, 4) is 0 Å². The zero-order valence-corrected chi connectivity index (χ0v) is 12.4. The second kappa shape index (κ2) is 8.31. The zero-order chi connectivity index (χ0) is 14.3. The Morgan fingerprint density at radius 1 is 0.947 bits per heavy atom. The second-order valence-electron chi connectivity index (χ2n) is 5.35. The molecule has 2 unspecified atom stereocenters. The summed E-state index contributed by atoms with van der Waals surface area (Å²) in [7, 11) is 0. The van der Waals surface area contributed by atoms with Crippen LogP contribution in [0.3, 0.4) is 0 Å². The largest absolute Gasteiger partial charge is 0.386 e. The van der Waals surface area contributed by atoms with Gasteiger partial charge in [-0.05, 0) is 25.3 Å². The summed E-state index contributed by atoms with van der Waals surface area (Å²) < 4.78 is 11.2. The van der Waals surface area contributed by atoms with Gasteiger partial charge in [-0.2, -0.15) is 0 Å². The normalized spacial score (nSPS) is 14.9. The highest BCUT2D eigenvalue weighted by molar-refractivity contribution is 5.18. The fraction of sp³-hybridized carbons (Fsp3) is 0.625. The topological polar surface area (TPSA) is 38.7 Å². The molecular formula is C16H26O3. The van der Waals surface area contributed by atoms with Gasteiger partial charge in [0.15, 0.2) is 0 Å². The molecule has 0 radical (unpaired) electrons. The molecule has 0 aliphatic heterocycles. The average molecular weight is 266 g/mol. The molecule has 2 atom stereocenters. The maximum Gasteiger partial charge on any atom is 0.105 e. The minimum atomic E-state index is -0.597. The van der Waals surface area contributed by atoms with Crippen LogP contribution in [0.15, 0.2) is 30.3 Å². The van der Waals surface area contributed by atoms with Crippen molar-refractivity contribution in [3.05, 3.63) is 35.9 Å². The molecule has 108 valence electrons. The van der Waals surface area contributed by atoms with Crippen molar-refractivity contribution in [2.75, 3.05) is 13.2 Å². The summed E-state index contributed by atoms with van der Waals surface area (Å²) in [6.07, 6.45) is -0.599. The monoisotopic (exact) mass is 266 g/mol. The Kier molecular flexibility index (Phi) is 7.06. The van der Waals surface area contributed by atoms with Gasteiger partial charge in [0.25, 0.3) is 0 Å². The summed E-state index contributed by atoms with van der Waals surface area (Å²) in [5.74, 6) is 0.245. The van der Waals surface area contributed by atoms with Crippen LogP contribution in [0.2, 0.25) is 0 Å². The third-order valence-electron chi connectivity index (χ3n) is 2.95. The maximum absolute atomic E-state index is 10.4. The molecule has 0 fully saturated rings. The smallest absolute Gasteiger partial charge is 0.105 e. The van der Waals surface area contributed by atoms with Crippen LogP contribution in [0.1, 0.15) is 39.4 Å². The molecule has 0 bridgehead atoms. The zero-order valence-electron chi connectivity index (χ0n) is 12.4. The third-order valence-corrected chi connectivity index (χ3v) is 2.95. The molecule has 1 aromatic rings. The number of aliphatic hydroxyl groups excluding tert-OH is 1. The minimum absolute atomic E-state index is 0.208. The quantitative estimate of drug-likeness (QED) is 0.734. The molecule has 1 rings (SSSR count). The van der Waals surface area contributed by atoms with Crippen LogP contribution in [0.4, 0.5) is 0 Å². The molecule has 1 N–H and O–H groups in total. The van der Waals surface area contributed by atoms with Crippen LogP contribution >= 0.6 is 0 Å². The lowest BCUT2D eigenvalue weighted by Gasteiger charge is -2.27. The van der Waals surface area contributed by atoms with E-state index in [1.165, 1.54) is 0 Å². The Balaban J connectivity index is 2.52. The Labute approximate surface area is 116 Å². The van der Waals surface area contributed by atoms with Crippen molar-refractivity contribution in [1.82, 2.24) is 0 Å². The molecule has 0 saturated carbocycles. The van der Waals surface area contributed by atoms with Crippen LogP contribution < -0.4 is 0 Å². The third kappa shape index (κ3) is 5.72. The molecule has 0 spiro atoms. The van der Waals surface area contributed by atoms with Crippen molar-refractivity contribution in [2.45, 2.75) is 46.0 Å². The van der Waals surface area contributed by atoms with Crippen molar-refractivity contribution in [2.24, 2.45) is 5.92 Å². The number of hydrogen-bond acceptors (Lipinski definition) is 3. The molecule has 0 amide bonds. The lowest BCUT2D eigenvalue weighted by atomic mass is 9.96. The van der Waals surface area contributed by atoms with E-state index < -0.39 is 6.10 Å². The molecular weight excluding hydrogens is 240 g/mol. The standard InChI is InChI=1S/C16H26O3/c1-12(2)16(19-11-10-18-13(3)4)15(17)14-8-6-5-7-9-14/h5-9,12-13,15-17H,10-11H2,1-4H3. The van der Waals surface area contributed by atoms with E-state index in [9.17, 15) is 5.11 Å². The lowest BCUT2D eigenvalue weighted by Crippen LogP contribution is -2.29. The number of hydrogen-bond donors (Lipinski definition) is 1. The predicted octanol–water partition coefficient (Wildman–Crippen LogP) is 3.19. The van der Waals surface area contributed by atoms with E-state index >= 15 is 0 Å². The number of rotatable bonds is 8. The van der Waals surface area contributed by atoms with Crippen molar-refractivity contribution in [3.63, 3.8) is 0 Å². The maximum atomic E-state index is 10.4. The number of ether oxygens (including phenoxy) is 2. The Morgan fingerprint density at radius 3 is 2.05 bits per heavy atom. The molecule has 1 aromatic carbocycles. The highest BCUT2D eigenvalue weighted by atomic mass is 16.5. The fourth-order valence-electron chi connectivity index (χ4n) is 1.96. The van der Waals surface area contributed by atoms with Gasteiger partial charge >= 0.3 is 0 Å². The van der Waals surface area contributed by atoms with Gasteiger partial charge in [0, 0.05) is 0 Å². The Morgan fingerprint density at radius 2 is 1.53 bits per heavy atom. The summed E-state index contributed by atoms with van der Waals surface area (Å²) in [5.41, 5.74) is 0.894. The molecule has 3 heteroatoms. The van der Waals surface area contributed by atoms with E-state index in [0.29, 0.717) is 13.2 Å². The molecule has 0 heterocycles. The van der Waals surface area contributed by atoms with Crippen molar-refractivity contribution < 1.29 is 14.6 Å². The van der Waals surface area contributed by atoms with E-state index in [2.05, 4.69) is 13.8 Å². The fourth-order valence-corrected chi connectivity index (χ4v) is 1.96.